The van der Waals surface area contributed by atoms with Crippen LogP contribution >= 0.6 is 0 Å². The van der Waals surface area contributed by atoms with E-state index in [9.17, 15) is 9.59 Å². The van der Waals surface area contributed by atoms with E-state index in [0.29, 0.717) is 25.9 Å². The van der Waals surface area contributed by atoms with Crippen LogP contribution in [0.3, 0.4) is 0 Å². The summed E-state index contributed by atoms with van der Waals surface area (Å²) in [6.45, 7) is 4.97. The average Bonchev–Trinajstić information content (AvgIpc) is 2.41. The van der Waals surface area contributed by atoms with Crippen molar-refractivity contribution in [3.8, 4) is 0 Å². The summed E-state index contributed by atoms with van der Waals surface area (Å²) < 4.78 is 4.58. The lowest BCUT2D eigenvalue weighted by atomic mass is 10.1. The van der Waals surface area contributed by atoms with Gasteiger partial charge in [0, 0.05) is 12.1 Å². The molecule has 1 rings (SSSR count). The number of ether oxygens (including phenoxy) is 1. The number of rotatable bonds is 7. The third-order valence-corrected chi connectivity index (χ3v) is 3.22. The minimum absolute atomic E-state index is 0.0532. The van der Waals surface area contributed by atoms with Crippen molar-refractivity contribution in [2.75, 3.05) is 32.6 Å². The number of hydrogen-bond donors (Lipinski definition) is 1. The Kier molecular flexibility index (Phi) is 6.88. The number of carbonyl (C=O) groups excluding carboxylic acids is 2. The van der Waals surface area contributed by atoms with E-state index in [1.165, 1.54) is 12.7 Å². The van der Waals surface area contributed by atoms with Crippen LogP contribution in [0.1, 0.15) is 24.0 Å². The summed E-state index contributed by atoms with van der Waals surface area (Å²) in [6.07, 6.45) is 1.06. The smallest absolute Gasteiger partial charge is 0.305 e. The number of likely N-dealkylation sites (N-methyl/N-ethyl adjacent to an activating group) is 1. The Labute approximate surface area is 126 Å². The van der Waals surface area contributed by atoms with Crippen molar-refractivity contribution >= 4 is 17.6 Å². The molecule has 0 aliphatic heterocycles. The van der Waals surface area contributed by atoms with Crippen LogP contribution in [0.2, 0.25) is 0 Å². The van der Waals surface area contributed by atoms with Gasteiger partial charge in [-0.3, -0.25) is 14.5 Å². The molecule has 0 heterocycles. The van der Waals surface area contributed by atoms with Gasteiger partial charge in [0.15, 0.2) is 0 Å². The van der Waals surface area contributed by atoms with Gasteiger partial charge in [-0.25, -0.2) is 0 Å². The minimum atomic E-state index is -0.219. The molecule has 1 aromatic rings. The standard InChI is InChI=1S/C16H24N2O3/c1-12-7-8-14(13(2)10-12)17-15(19)11-18(3)9-5-6-16(20)21-4/h7-8,10H,5-6,9,11H2,1-4H3,(H,17,19). The fourth-order valence-electron chi connectivity index (χ4n) is 2.06. The number of methoxy groups -OCH3 is 1. The van der Waals surface area contributed by atoms with E-state index in [1.807, 2.05) is 44.0 Å². The molecular formula is C16H24N2O3. The highest BCUT2D eigenvalue weighted by molar-refractivity contribution is 5.92. The van der Waals surface area contributed by atoms with Gasteiger partial charge in [0.25, 0.3) is 0 Å². The number of nitrogens with zero attached hydrogens (tertiary/aromatic N) is 1. The van der Waals surface area contributed by atoms with Crippen molar-refractivity contribution in [1.82, 2.24) is 4.90 Å². The van der Waals surface area contributed by atoms with Gasteiger partial charge in [0.05, 0.1) is 13.7 Å². The quantitative estimate of drug-likeness (QED) is 0.782. The first-order valence-electron chi connectivity index (χ1n) is 7.05. The third-order valence-electron chi connectivity index (χ3n) is 3.22. The number of hydrogen-bond acceptors (Lipinski definition) is 4. The zero-order chi connectivity index (χ0) is 15.8. The van der Waals surface area contributed by atoms with Crippen LogP contribution in [0.5, 0.6) is 0 Å². The molecule has 5 heteroatoms. The maximum absolute atomic E-state index is 12.0. The van der Waals surface area contributed by atoms with Crippen molar-refractivity contribution in [1.29, 1.82) is 0 Å². The van der Waals surface area contributed by atoms with Crippen LogP contribution in [-0.2, 0) is 14.3 Å². The zero-order valence-corrected chi connectivity index (χ0v) is 13.2. The monoisotopic (exact) mass is 292 g/mol. The molecule has 0 aliphatic carbocycles. The molecule has 0 fully saturated rings. The summed E-state index contributed by atoms with van der Waals surface area (Å²) >= 11 is 0. The van der Waals surface area contributed by atoms with Gasteiger partial charge in [-0.2, -0.15) is 0 Å². The number of amides is 1. The molecule has 0 bridgehead atoms. The Bertz CT molecular complexity index is 500. The summed E-state index contributed by atoms with van der Waals surface area (Å²) in [5.74, 6) is -0.273. The lowest BCUT2D eigenvalue weighted by Crippen LogP contribution is -2.31. The third kappa shape index (κ3) is 6.40. The van der Waals surface area contributed by atoms with Crippen LogP contribution in [0.15, 0.2) is 18.2 Å². The lowest BCUT2D eigenvalue weighted by molar-refractivity contribution is -0.140. The highest BCUT2D eigenvalue weighted by Crippen LogP contribution is 2.15. The van der Waals surface area contributed by atoms with E-state index in [1.54, 1.807) is 0 Å². The number of benzene rings is 1. The molecule has 5 nitrogen and oxygen atoms in total. The van der Waals surface area contributed by atoms with E-state index in [0.717, 1.165) is 11.3 Å². The maximum Gasteiger partial charge on any atom is 0.305 e. The molecule has 0 aliphatic rings. The summed E-state index contributed by atoms with van der Waals surface area (Å²) in [5.41, 5.74) is 3.07. The second-order valence-electron chi connectivity index (χ2n) is 5.28. The summed E-state index contributed by atoms with van der Waals surface area (Å²) in [7, 11) is 3.24. The van der Waals surface area contributed by atoms with Gasteiger partial charge >= 0.3 is 5.97 Å². The van der Waals surface area contributed by atoms with E-state index in [4.69, 9.17) is 0 Å². The van der Waals surface area contributed by atoms with Crippen molar-refractivity contribution in [3.05, 3.63) is 29.3 Å². The van der Waals surface area contributed by atoms with E-state index in [2.05, 4.69) is 10.1 Å². The molecule has 0 unspecified atom stereocenters. The molecule has 1 aromatic carbocycles. The van der Waals surface area contributed by atoms with Gasteiger partial charge in [0.1, 0.15) is 0 Å². The lowest BCUT2D eigenvalue weighted by Gasteiger charge is -2.16. The van der Waals surface area contributed by atoms with Crippen LogP contribution in [0.4, 0.5) is 5.69 Å². The number of nitrogens with one attached hydrogen (secondary N) is 1. The summed E-state index contributed by atoms with van der Waals surface area (Å²) in [6, 6.07) is 5.93. The average molecular weight is 292 g/mol. The number of carbonyl (C=O) groups is 2. The van der Waals surface area contributed by atoms with Gasteiger partial charge in [0.2, 0.25) is 5.91 Å². The second-order valence-corrected chi connectivity index (χ2v) is 5.28. The molecule has 116 valence electrons. The SMILES string of the molecule is COC(=O)CCCN(C)CC(=O)Nc1ccc(C)cc1C. The van der Waals surface area contributed by atoms with Gasteiger partial charge in [-0.05, 0) is 45.5 Å². The van der Waals surface area contributed by atoms with E-state index < -0.39 is 0 Å². The molecular weight excluding hydrogens is 268 g/mol. The first-order chi connectivity index (χ1) is 9.92. The predicted octanol–water partition coefficient (Wildman–Crippen LogP) is 2.13. The summed E-state index contributed by atoms with van der Waals surface area (Å²) in [4.78, 5) is 24.9. The Morgan fingerprint density at radius 2 is 2.00 bits per heavy atom. The van der Waals surface area contributed by atoms with Crippen molar-refractivity contribution < 1.29 is 14.3 Å². The Morgan fingerprint density at radius 1 is 1.29 bits per heavy atom. The van der Waals surface area contributed by atoms with Crippen molar-refractivity contribution in [3.63, 3.8) is 0 Å². The van der Waals surface area contributed by atoms with Gasteiger partial charge in [-0.1, -0.05) is 17.7 Å². The minimum Gasteiger partial charge on any atom is -0.469 e. The van der Waals surface area contributed by atoms with E-state index >= 15 is 0 Å². The molecule has 0 radical (unpaired) electrons. The van der Waals surface area contributed by atoms with Gasteiger partial charge in [-0.15, -0.1) is 0 Å². The molecule has 0 saturated carbocycles. The molecule has 0 aromatic heterocycles. The number of anilines is 1. The first kappa shape index (κ1) is 17.2. The fourth-order valence-corrected chi connectivity index (χ4v) is 2.06. The molecule has 0 atom stereocenters. The Hall–Kier alpha value is -1.88. The molecule has 1 N–H and O–H groups in total. The van der Waals surface area contributed by atoms with Gasteiger partial charge < -0.3 is 10.1 Å². The molecule has 0 saturated heterocycles. The number of esters is 1. The number of aryl methyl sites for hydroxylation is 2. The van der Waals surface area contributed by atoms with Crippen molar-refractivity contribution in [2.24, 2.45) is 0 Å². The topological polar surface area (TPSA) is 58.6 Å². The highest BCUT2D eigenvalue weighted by Gasteiger charge is 2.09. The van der Waals surface area contributed by atoms with Crippen molar-refractivity contribution in [2.45, 2.75) is 26.7 Å². The Morgan fingerprint density at radius 3 is 2.62 bits per heavy atom. The zero-order valence-electron chi connectivity index (χ0n) is 13.2. The second kappa shape index (κ2) is 8.42. The predicted molar refractivity (Wildman–Crippen MR) is 83.3 cm³/mol. The largest absolute Gasteiger partial charge is 0.469 e. The first-order valence-corrected chi connectivity index (χ1v) is 7.05. The van der Waals surface area contributed by atoms with Crippen LogP contribution in [0, 0.1) is 13.8 Å². The Balaban J connectivity index is 2.37. The van der Waals surface area contributed by atoms with Crippen LogP contribution in [0.25, 0.3) is 0 Å². The maximum atomic E-state index is 12.0. The van der Waals surface area contributed by atoms with Crippen LogP contribution in [-0.4, -0.2) is 44.0 Å². The normalized spacial score (nSPS) is 10.5. The van der Waals surface area contributed by atoms with E-state index in [-0.39, 0.29) is 11.9 Å². The summed E-state index contributed by atoms with van der Waals surface area (Å²) in [5, 5.41) is 2.91. The molecule has 1 amide bonds. The highest BCUT2D eigenvalue weighted by atomic mass is 16.5. The van der Waals surface area contributed by atoms with Crippen LogP contribution < -0.4 is 5.32 Å². The molecule has 21 heavy (non-hydrogen) atoms. The fraction of sp³-hybridized carbons (Fsp3) is 0.500. The molecule has 0 spiro atoms.